The molecule has 25 heavy (non-hydrogen) atoms. The zero-order valence-corrected chi connectivity index (χ0v) is 15.1. The van der Waals surface area contributed by atoms with E-state index in [0.717, 1.165) is 12.0 Å². The lowest BCUT2D eigenvalue weighted by molar-refractivity contribution is -0.113. The number of benzene rings is 2. The number of thiocarbonyl (C=S) groups is 1. The topological polar surface area (TPSA) is 57.6 Å². The zero-order valence-electron chi connectivity index (χ0n) is 13.4. The Morgan fingerprint density at radius 1 is 1.20 bits per heavy atom. The molecule has 0 radical (unpaired) electrons. The SMILES string of the molecule is CCc1ccc(/C=C2\SC(=S)N(c3ccccc3C(=O)O)C2=O)cc1. The average molecular weight is 369 g/mol. The van der Waals surface area contributed by atoms with Crippen molar-refractivity contribution in [1.82, 2.24) is 0 Å². The van der Waals surface area contributed by atoms with Gasteiger partial charge in [0.2, 0.25) is 0 Å². The molecule has 1 saturated heterocycles. The van der Waals surface area contributed by atoms with Gasteiger partial charge in [-0.15, -0.1) is 0 Å². The number of hydrogen-bond acceptors (Lipinski definition) is 4. The van der Waals surface area contributed by atoms with E-state index in [1.165, 1.54) is 28.3 Å². The predicted octanol–water partition coefficient (Wildman–Crippen LogP) is 4.35. The van der Waals surface area contributed by atoms with Crippen molar-refractivity contribution in [2.75, 3.05) is 4.90 Å². The highest BCUT2D eigenvalue weighted by molar-refractivity contribution is 8.27. The third-order valence-electron chi connectivity index (χ3n) is 3.85. The molecule has 1 N–H and O–H groups in total. The fourth-order valence-electron chi connectivity index (χ4n) is 2.53. The van der Waals surface area contributed by atoms with E-state index in [4.69, 9.17) is 12.2 Å². The summed E-state index contributed by atoms with van der Waals surface area (Å²) in [6.45, 7) is 2.08. The standard InChI is InChI=1S/C19H15NO3S2/c1-2-12-7-9-13(10-8-12)11-16-17(21)20(19(24)25-16)15-6-4-3-5-14(15)18(22)23/h3-11H,2H2,1H3,(H,22,23)/b16-11-. The lowest BCUT2D eigenvalue weighted by atomic mass is 10.1. The highest BCUT2D eigenvalue weighted by Crippen LogP contribution is 2.37. The first kappa shape index (κ1) is 17.4. The van der Waals surface area contributed by atoms with Crippen molar-refractivity contribution in [3.05, 3.63) is 70.1 Å². The Bertz CT molecular complexity index is 888. The van der Waals surface area contributed by atoms with E-state index >= 15 is 0 Å². The second-order valence-electron chi connectivity index (χ2n) is 5.43. The van der Waals surface area contributed by atoms with E-state index in [1.54, 1.807) is 24.3 Å². The number of aromatic carboxylic acids is 1. The Morgan fingerprint density at radius 2 is 1.88 bits per heavy atom. The van der Waals surface area contributed by atoms with Gasteiger partial charge in [0.15, 0.2) is 4.32 Å². The van der Waals surface area contributed by atoms with E-state index in [2.05, 4.69) is 6.92 Å². The summed E-state index contributed by atoms with van der Waals surface area (Å²) in [6.07, 6.45) is 2.73. The highest BCUT2D eigenvalue weighted by Gasteiger charge is 2.35. The van der Waals surface area contributed by atoms with Gasteiger partial charge in [-0.25, -0.2) is 4.79 Å². The molecule has 0 spiro atoms. The van der Waals surface area contributed by atoms with Gasteiger partial charge >= 0.3 is 5.97 Å². The normalized spacial score (nSPS) is 15.9. The molecule has 1 aliphatic heterocycles. The third kappa shape index (κ3) is 3.50. The van der Waals surface area contributed by atoms with Crippen LogP contribution in [0.5, 0.6) is 0 Å². The largest absolute Gasteiger partial charge is 0.478 e. The van der Waals surface area contributed by atoms with E-state index in [1.807, 2.05) is 24.3 Å². The maximum atomic E-state index is 12.8. The summed E-state index contributed by atoms with van der Waals surface area (Å²) in [6, 6.07) is 14.3. The van der Waals surface area contributed by atoms with Gasteiger partial charge in [0.25, 0.3) is 5.91 Å². The van der Waals surface area contributed by atoms with Gasteiger partial charge in [-0.05, 0) is 35.8 Å². The van der Waals surface area contributed by atoms with E-state index in [0.29, 0.717) is 14.9 Å². The third-order valence-corrected chi connectivity index (χ3v) is 5.16. The molecule has 0 bridgehead atoms. The molecular weight excluding hydrogens is 354 g/mol. The number of amides is 1. The number of hydrogen-bond donors (Lipinski definition) is 1. The quantitative estimate of drug-likeness (QED) is 0.641. The van der Waals surface area contributed by atoms with Crippen LogP contribution in [0.2, 0.25) is 0 Å². The first-order chi connectivity index (χ1) is 12.0. The van der Waals surface area contributed by atoms with Gasteiger partial charge in [0.05, 0.1) is 16.2 Å². The van der Waals surface area contributed by atoms with Crippen LogP contribution in [0.15, 0.2) is 53.4 Å². The summed E-state index contributed by atoms with van der Waals surface area (Å²) in [5, 5.41) is 9.35. The fourth-order valence-corrected chi connectivity index (χ4v) is 3.81. The van der Waals surface area contributed by atoms with Gasteiger partial charge in [-0.3, -0.25) is 9.69 Å². The molecule has 6 heteroatoms. The Morgan fingerprint density at radius 3 is 2.52 bits per heavy atom. The number of para-hydroxylation sites is 1. The molecule has 2 aromatic carbocycles. The molecule has 1 heterocycles. The van der Waals surface area contributed by atoms with Crippen LogP contribution in [0.4, 0.5) is 5.69 Å². The minimum atomic E-state index is -1.09. The van der Waals surface area contributed by atoms with Crippen LogP contribution in [0, 0.1) is 0 Å². The van der Waals surface area contributed by atoms with Gasteiger partial charge in [-0.1, -0.05) is 67.3 Å². The molecule has 0 aromatic heterocycles. The van der Waals surface area contributed by atoms with Crippen molar-refractivity contribution in [1.29, 1.82) is 0 Å². The van der Waals surface area contributed by atoms with Crippen LogP contribution >= 0.6 is 24.0 Å². The molecule has 1 fully saturated rings. The predicted molar refractivity (Wildman–Crippen MR) is 105 cm³/mol. The van der Waals surface area contributed by atoms with Crippen molar-refractivity contribution in [2.45, 2.75) is 13.3 Å². The van der Waals surface area contributed by atoms with Crippen molar-refractivity contribution < 1.29 is 14.7 Å². The number of thioether (sulfide) groups is 1. The first-order valence-electron chi connectivity index (χ1n) is 7.70. The van der Waals surface area contributed by atoms with Crippen LogP contribution in [0.1, 0.15) is 28.4 Å². The van der Waals surface area contributed by atoms with Gasteiger partial charge in [0.1, 0.15) is 0 Å². The second-order valence-corrected chi connectivity index (χ2v) is 7.11. The molecule has 0 saturated carbocycles. The van der Waals surface area contributed by atoms with Crippen molar-refractivity contribution in [3.8, 4) is 0 Å². The maximum Gasteiger partial charge on any atom is 0.337 e. The number of rotatable bonds is 4. The molecule has 3 rings (SSSR count). The number of nitrogens with zero attached hydrogens (tertiary/aromatic N) is 1. The number of carbonyl (C=O) groups excluding carboxylic acids is 1. The van der Waals surface area contributed by atoms with Gasteiger partial charge < -0.3 is 5.11 Å². The van der Waals surface area contributed by atoms with Gasteiger partial charge in [-0.2, -0.15) is 0 Å². The smallest absolute Gasteiger partial charge is 0.337 e. The molecule has 0 unspecified atom stereocenters. The molecule has 0 aliphatic carbocycles. The summed E-state index contributed by atoms with van der Waals surface area (Å²) in [4.78, 5) is 26.0. The molecule has 4 nitrogen and oxygen atoms in total. The number of anilines is 1. The summed E-state index contributed by atoms with van der Waals surface area (Å²) in [5.41, 5.74) is 2.47. The van der Waals surface area contributed by atoms with Gasteiger partial charge in [0, 0.05) is 0 Å². The summed E-state index contributed by atoms with van der Waals surface area (Å²) >= 11 is 6.49. The number of aryl methyl sites for hydroxylation is 1. The maximum absolute atomic E-state index is 12.8. The molecule has 1 amide bonds. The Labute approximate surface area is 155 Å². The minimum absolute atomic E-state index is 0.0485. The Balaban J connectivity index is 1.95. The Hall–Kier alpha value is -2.44. The van der Waals surface area contributed by atoms with Crippen molar-refractivity contribution in [2.24, 2.45) is 0 Å². The minimum Gasteiger partial charge on any atom is -0.478 e. The zero-order chi connectivity index (χ0) is 18.0. The number of carboxylic acid groups (broad SMARTS) is 1. The Kier molecular flexibility index (Phi) is 5.01. The molecular formula is C19H15NO3S2. The van der Waals surface area contributed by atoms with E-state index in [-0.39, 0.29) is 11.5 Å². The molecule has 126 valence electrons. The van der Waals surface area contributed by atoms with Crippen molar-refractivity contribution in [3.63, 3.8) is 0 Å². The van der Waals surface area contributed by atoms with Crippen LogP contribution in [0.3, 0.4) is 0 Å². The van der Waals surface area contributed by atoms with Crippen LogP contribution in [-0.4, -0.2) is 21.3 Å². The monoisotopic (exact) mass is 369 g/mol. The van der Waals surface area contributed by atoms with Crippen LogP contribution in [-0.2, 0) is 11.2 Å². The van der Waals surface area contributed by atoms with Crippen molar-refractivity contribution >= 4 is 51.9 Å². The number of carbonyl (C=O) groups is 2. The van der Waals surface area contributed by atoms with E-state index in [9.17, 15) is 14.7 Å². The molecule has 0 atom stereocenters. The van der Waals surface area contributed by atoms with Crippen LogP contribution in [0.25, 0.3) is 6.08 Å². The summed E-state index contributed by atoms with van der Waals surface area (Å²) in [7, 11) is 0. The summed E-state index contributed by atoms with van der Waals surface area (Å²) in [5.74, 6) is -1.40. The lowest BCUT2D eigenvalue weighted by Gasteiger charge is -2.16. The fraction of sp³-hybridized carbons (Fsp3) is 0.105. The number of carboxylic acids is 1. The highest BCUT2D eigenvalue weighted by atomic mass is 32.2. The molecule has 1 aliphatic rings. The molecule has 2 aromatic rings. The lowest BCUT2D eigenvalue weighted by Crippen LogP contribution is -2.29. The van der Waals surface area contributed by atoms with Crippen LogP contribution < -0.4 is 4.90 Å². The average Bonchev–Trinajstić information content (AvgIpc) is 2.89. The second kappa shape index (κ2) is 7.21. The van der Waals surface area contributed by atoms with E-state index < -0.39 is 5.97 Å². The summed E-state index contributed by atoms with van der Waals surface area (Å²) < 4.78 is 0.329. The first-order valence-corrected chi connectivity index (χ1v) is 8.93.